The van der Waals surface area contributed by atoms with Crippen LogP contribution in [0, 0.1) is 5.92 Å². The maximum atomic E-state index is 5.70. The normalized spacial score (nSPS) is 25.8. The van der Waals surface area contributed by atoms with Crippen LogP contribution in [-0.4, -0.2) is 25.9 Å². The van der Waals surface area contributed by atoms with Gasteiger partial charge in [-0.3, -0.25) is 0 Å². The lowest BCUT2D eigenvalue weighted by molar-refractivity contribution is -0.112. The van der Waals surface area contributed by atoms with Crippen LogP contribution in [0.15, 0.2) is 0 Å². The van der Waals surface area contributed by atoms with Gasteiger partial charge in [-0.15, -0.1) is 0 Å². The second-order valence-corrected chi connectivity index (χ2v) is 3.79. The molecule has 1 rings (SSSR count). The van der Waals surface area contributed by atoms with Crippen molar-refractivity contribution in [2.24, 2.45) is 5.92 Å². The van der Waals surface area contributed by atoms with Crippen molar-refractivity contribution in [1.82, 2.24) is 0 Å². The van der Waals surface area contributed by atoms with Crippen LogP contribution in [0.4, 0.5) is 0 Å². The summed E-state index contributed by atoms with van der Waals surface area (Å²) >= 11 is 0. The first-order valence-corrected chi connectivity index (χ1v) is 5.57. The maximum absolute atomic E-state index is 5.70. The van der Waals surface area contributed by atoms with Crippen molar-refractivity contribution in [2.45, 2.75) is 45.6 Å². The molecule has 0 amide bonds. The van der Waals surface area contributed by atoms with E-state index in [0.29, 0.717) is 12.0 Å². The standard InChI is InChI=1S/C11H22O2/c1-3-5-6-10(4-2)11-9-12-7-8-13-11/h10-11H,3-9H2,1-2H3. The highest BCUT2D eigenvalue weighted by molar-refractivity contribution is 4.71. The van der Waals surface area contributed by atoms with E-state index in [-0.39, 0.29) is 0 Å². The minimum absolute atomic E-state index is 0.366. The number of hydrogen-bond acceptors (Lipinski definition) is 2. The molecule has 0 radical (unpaired) electrons. The zero-order valence-corrected chi connectivity index (χ0v) is 8.92. The predicted molar refractivity (Wildman–Crippen MR) is 53.9 cm³/mol. The van der Waals surface area contributed by atoms with Crippen LogP contribution in [0.5, 0.6) is 0 Å². The molecule has 1 aliphatic rings. The van der Waals surface area contributed by atoms with Crippen molar-refractivity contribution in [3.63, 3.8) is 0 Å². The average Bonchev–Trinajstić information content (AvgIpc) is 2.21. The quantitative estimate of drug-likeness (QED) is 0.657. The molecule has 2 unspecified atom stereocenters. The molecule has 0 spiro atoms. The van der Waals surface area contributed by atoms with Gasteiger partial charge in [0.05, 0.1) is 25.9 Å². The molecular formula is C11H22O2. The largest absolute Gasteiger partial charge is 0.376 e. The maximum Gasteiger partial charge on any atom is 0.0837 e. The van der Waals surface area contributed by atoms with Gasteiger partial charge in [0.1, 0.15) is 0 Å². The van der Waals surface area contributed by atoms with Gasteiger partial charge in [-0.25, -0.2) is 0 Å². The molecule has 0 aromatic heterocycles. The summed E-state index contributed by atoms with van der Waals surface area (Å²) in [5, 5.41) is 0. The van der Waals surface area contributed by atoms with Crippen LogP contribution >= 0.6 is 0 Å². The molecule has 1 saturated heterocycles. The molecule has 2 nitrogen and oxygen atoms in total. The second kappa shape index (κ2) is 6.39. The Morgan fingerprint density at radius 2 is 2.15 bits per heavy atom. The first kappa shape index (κ1) is 11.0. The van der Waals surface area contributed by atoms with Gasteiger partial charge in [0.25, 0.3) is 0 Å². The molecule has 78 valence electrons. The van der Waals surface area contributed by atoms with Crippen LogP contribution in [0.25, 0.3) is 0 Å². The molecule has 0 saturated carbocycles. The van der Waals surface area contributed by atoms with Crippen LogP contribution in [0.1, 0.15) is 39.5 Å². The van der Waals surface area contributed by atoms with Gasteiger partial charge in [0, 0.05) is 0 Å². The zero-order chi connectivity index (χ0) is 9.52. The van der Waals surface area contributed by atoms with E-state index in [1.807, 2.05) is 0 Å². The first-order valence-electron chi connectivity index (χ1n) is 5.57. The zero-order valence-electron chi connectivity index (χ0n) is 8.92. The summed E-state index contributed by atoms with van der Waals surface area (Å²) in [6, 6.07) is 0. The minimum atomic E-state index is 0.366. The smallest absolute Gasteiger partial charge is 0.0837 e. The Balaban J connectivity index is 2.26. The van der Waals surface area contributed by atoms with Crippen molar-refractivity contribution in [1.29, 1.82) is 0 Å². The second-order valence-electron chi connectivity index (χ2n) is 3.79. The van der Waals surface area contributed by atoms with Crippen molar-refractivity contribution in [3.8, 4) is 0 Å². The van der Waals surface area contributed by atoms with E-state index in [1.165, 1.54) is 25.7 Å². The average molecular weight is 186 g/mol. The van der Waals surface area contributed by atoms with E-state index < -0.39 is 0 Å². The van der Waals surface area contributed by atoms with E-state index in [0.717, 1.165) is 19.8 Å². The molecule has 0 aromatic rings. The van der Waals surface area contributed by atoms with Gasteiger partial charge in [-0.05, 0) is 12.3 Å². The van der Waals surface area contributed by atoms with E-state index in [2.05, 4.69) is 13.8 Å². The minimum Gasteiger partial charge on any atom is -0.376 e. The summed E-state index contributed by atoms with van der Waals surface area (Å²) in [5.41, 5.74) is 0. The molecule has 0 N–H and O–H groups in total. The fraction of sp³-hybridized carbons (Fsp3) is 1.00. The highest BCUT2D eigenvalue weighted by Crippen LogP contribution is 2.21. The Bertz CT molecular complexity index is 119. The molecule has 13 heavy (non-hydrogen) atoms. The first-order chi connectivity index (χ1) is 6.38. The molecule has 1 fully saturated rings. The van der Waals surface area contributed by atoms with Gasteiger partial charge in [-0.1, -0.05) is 33.1 Å². The van der Waals surface area contributed by atoms with Crippen LogP contribution in [-0.2, 0) is 9.47 Å². The Morgan fingerprint density at radius 1 is 1.31 bits per heavy atom. The number of ether oxygens (including phenoxy) is 2. The number of unbranched alkanes of at least 4 members (excludes halogenated alkanes) is 1. The Kier molecular flexibility index (Phi) is 5.40. The Labute approximate surface area is 81.6 Å². The third-order valence-electron chi connectivity index (χ3n) is 2.82. The van der Waals surface area contributed by atoms with E-state index >= 15 is 0 Å². The van der Waals surface area contributed by atoms with E-state index in [1.54, 1.807) is 0 Å². The van der Waals surface area contributed by atoms with Crippen LogP contribution in [0.3, 0.4) is 0 Å². The molecule has 1 aliphatic heterocycles. The van der Waals surface area contributed by atoms with Gasteiger partial charge in [-0.2, -0.15) is 0 Å². The molecule has 2 atom stereocenters. The summed E-state index contributed by atoms with van der Waals surface area (Å²) in [6.07, 6.45) is 5.47. The molecular weight excluding hydrogens is 164 g/mol. The number of rotatable bonds is 5. The lowest BCUT2D eigenvalue weighted by atomic mass is 9.93. The fourth-order valence-corrected chi connectivity index (χ4v) is 1.90. The Morgan fingerprint density at radius 3 is 2.69 bits per heavy atom. The molecule has 0 bridgehead atoms. The molecule has 2 heteroatoms. The summed E-state index contributed by atoms with van der Waals surface area (Å²) in [4.78, 5) is 0. The highest BCUT2D eigenvalue weighted by atomic mass is 16.6. The van der Waals surface area contributed by atoms with Crippen LogP contribution in [0.2, 0.25) is 0 Å². The molecule has 0 aromatic carbocycles. The third-order valence-corrected chi connectivity index (χ3v) is 2.82. The fourth-order valence-electron chi connectivity index (χ4n) is 1.90. The third kappa shape index (κ3) is 3.65. The topological polar surface area (TPSA) is 18.5 Å². The Hall–Kier alpha value is -0.0800. The predicted octanol–water partition coefficient (Wildman–Crippen LogP) is 2.62. The van der Waals surface area contributed by atoms with Gasteiger partial charge < -0.3 is 9.47 Å². The lowest BCUT2D eigenvalue weighted by Crippen LogP contribution is -2.34. The van der Waals surface area contributed by atoms with Gasteiger partial charge in [0.15, 0.2) is 0 Å². The molecule has 1 heterocycles. The van der Waals surface area contributed by atoms with Crippen molar-refractivity contribution in [2.75, 3.05) is 19.8 Å². The molecule has 0 aliphatic carbocycles. The van der Waals surface area contributed by atoms with Gasteiger partial charge in [0.2, 0.25) is 0 Å². The van der Waals surface area contributed by atoms with Crippen LogP contribution < -0.4 is 0 Å². The van der Waals surface area contributed by atoms with Crippen molar-refractivity contribution in [3.05, 3.63) is 0 Å². The summed E-state index contributed by atoms with van der Waals surface area (Å²) < 4.78 is 11.1. The highest BCUT2D eigenvalue weighted by Gasteiger charge is 2.22. The van der Waals surface area contributed by atoms with E-state index in [9.17, 15) is 0 Å². The van der Waals surface area contributed by atoms with Crippen molar-refractivity contribution < 1.29 is 9.47 Å². The SMILES string of the molecule is CCCCC(CC)C1COCCO1. The van der Waals surface area contributed by atoms with E-state index in [4.69, 9.17) is 9.47 Å². The summed E-state index contributed by atoms with van der Waals surface area (Å²) in [5.74, 6) is 0.709. The monoisotopic (exact) mass is 186 g/mol. The van der Waals surface area contributed by atoms with Crippen molar-refractivity contribution >= 4 is 0 Å². The lowest BCUT2D eigenvalue weighted by Gasteiger charge is -2.29. The van der Waals surface area contributed by atoms with Gasteiger partial charge >= 0.3 is 0 Å². The summed E-state index contributed by atoms with van der Waals surface area (Å²) in [6.45, 7) is 6.86. The number of hydrogen-bond donors (Lipinski definition) is 0. The summed E-state index contributed by atoms with van der Waals surface area (Å²) in [7, 11) is 0.